The Morgan fingerprint density at radius 1 is 1.17 bits per heavy atom. The highest BCUT2D eigenvalue weighted by Crippen LogP contribution is 2.24. The molecule has 4 aromatic rings. The molecule has 0 bridgehead atoms. The fourth-order valence-electron chi connectivity index (χ4n) is 2.50. The first kappa shape index (κ1) is 13.3. The van der Waals surface area contributed by atoms with Crippen LogP contribution in [0.4, 0.5) is 5.69 Å². The summed E-state index contributed by atoms with van der Waals surface area (Å²) in [5.41, 5.74) is 2.64. The third-order valence-electron chi connectivity index (χ3n) is 3.47. The predicted octanol–water partition coefficient (Wildman–Crippen LogP) is 2.82. The van der Waals surface area contributed by atoms with Crippen LogP contribution in [0.3, 0.4) is 0 Å². The molecule has 0 saturated carbocycles. The Morgan fingerprint density at radius 3 is 2.87 bits per heavy atom. The largest absolute Gasteiger partial charge is 0.441 e. The summed E-state index contributed by atoms with van der Waals surface area (Å²) in [6.45, 7) is 1.72. The molecule has 23 heavy (non-hydrogen) atoms. The molecule has 0 aliphatic heterocycles. The first-order chi connectivity index (χ1) is 11.1. The maximum absolute atomic E-state index is 12.6. The summed E-state index contributed by atoms with van der Waals surface area (Å²) < 4.78 is 10.5. The van der Waals surface area contributed by atoms with E-state index in [1.807, 2.05) is 0 Å². The number of benzene rings is 2. The number of oxazole rings is 2. The number of carbonyl (C=O) groups is 1. The van der Waals surface area contributed by atoms with E-state index in [0.717, 1.165) is 0 Å². The minimum atomic E-state index is -0.573. The molecule has 0 fully saturated rings. The zero-order chi connectivity index (χ0) is 16.0. The number of rotatable bonds is 2. The summed E-state index contributed by atoms with van der Waals surface area (Å²) in [5.74, 6) is -0.449. The number of nitrogens with one attached hydrogen (secondary N) is 2. The average Bonchev–Trinajstić information content (AvgIpc) is 3.08. The summed E-state index contributed by atoms with van der Waals surface area (Å²) in [7, 11) is 0. The van der Waals surface area contributed by atoms with Gasteiger partial charge in [0, 0.05) is 6.92 Å². The highest BCUT2D eigenvalue weighted by molar-refractivity contribution is 6.13. The Balaban J connectivity index is 1.78. The number of hydrogen-bond donors (Lipinski definition) is 2. The number of aromatic amines is 1. The molecule has 0 aliphatic rings. The predicted molar refractivity (Wildman–Crippen MR) is 83.5 cm³/mol. The van der Waals surface area contributed by atoms with Gasteiger partial charge in [0.05, 0.1) is 16.8 Å². The van der Waals surface area contributed by atoms with E-state index in [9.17, 15) is 9.59 Å². The second-order valence-corrected chi connectivity index (χ2v) is 5.04. The van der Waals surface area contributed by atoms with Crippen molar-refractivity contribution in [2.24, 2.45) is 0 Å². The first-order valence-electron chi connectivity index (χ1n) is 6.91. The highest BCUT2D eigenvalue weighted by Gasteiger charge is 2.16. The van der Waals surface area contributed by atoms with Crippen LogP contribution < -0.4 is 11.1 Å². The Hall–Kier alpha value is -3.35. The van der Waals surface area contributed by atoms with E-state index in [1.165, 1.54) is 0 Å². The summed E-state index contributed by atoms with van der Waals surface area (Å²) in [5, 5.41) is 2.74. The molecule has 0 aliphatic carbocycles. The molecule has 2 aromatic heterocycles. The molecular formula is C16H11N3O4. The fraction of sp³-hybridized carbons (Fsp3) is 0.0625. The Labute approximate surface area is 128 Å². The topological polar surface area (TPSA) is 101 Å². The lowest BCUT2D eigenvalue weighted by atomic mass is 10.1. The molecule has 2 N–H and O–H groups in total. The van der Waals surface area contributed by atoms with E-state index < -0.39 is 5.76 Å². The maximum atomic E-state index is 12.6. The fourth-order valence-corrected chi connectivity index (χ4v) is 2.50. The number of H-pyrrole nitrogens is 1. The molecule has 0 radical (unpaired) electrons. The van der Waals surface area contributed by atoms with Crippen LogP contribution in [0.1, 0.15) is 16.2 Å². The van der Waals surface area contributed by atoms with Crippen LogP contribution in [-0.4, -0.2) is 15.9 Å². The second kappa shape index (κ2) is 4.84. The average molecular weight is 309 g/mol. The third-order valence-corrected chi connectivity index (χ3v) is 3.47. The summed E-state index contributed by atoms with van der Waals surface area (Å²) in [4.78, 5) is 30.7. The van der Waals surface area contributed by atoms with Gasteiger partial charge in [-0.3, -0.25) is 9.78 Å². The van der Waals surface area contributed by atoms with Crippen molar-refractivity contribution in [2.45, 2.75) is 6.92 Å². The van der Waals surface area contributed by atoms with Gasteiger partial charge >= 0.3 is 5.76 Å². The molecule has 7 nitrogen and oxygen atoms in total. The summed E-state index contributed by atoms with van der Waals surface area (Å²) >= 11 is 0. The Bertz CT molecular complexity index is 1100. The van der Waals surface area contributed by atoms with Crippen molar-refractivity contribution in [1.82, 2.24) is 9.97 Å². The molecule has 7 heteroatoms. The third kappa shape index (κ3) is 2.18. The summed E-state index contributed by atoms with van der Waals surface area (Å²) in [6, 6.07) is 10.2. The van der Waals surface area contributed by atoms with Crippen molar-refractivity contribution in [1.29, 1.82) is 0 Å². The lowest BCUT2D eigenvalue weighted by molar-refractivity contribution is 0.102. The maximum Gasteiger partial charge on any atom is 0.417 e. The van der Waals surface area contributed by atoms with Crippen LogP contribution >= 0.6 is 0 Å². The van der Waals surface area contributed by atoms with Crippen molar-refractivity contribution >= 4 is 33.8 Å². The van der Waals surface area contributed by atoms with Crippen LogP contribution in [0.15, 0.2) is 50.0 Å². The second-order valence-electron chi connectivity index (χ2n) is 5.04. The SMILES string of the molecule is Cc1nc2c(C(=O)Nc3cccc4[nH]c(=O)oc34)cccc2o1. The molecule has 0 saturated heterocycles. The van der Waals surface area contributed by atoms with Crippen LogP contribution in [0, 0.1) is 6.92 Å². The van der Waals surface area contributed by atoms with Gasteiger partial charge in [-0.1, -0.05) is 12.1 Å². The number of anilines is 1. The molecule has 2 aromatic carbocycles. The first-order valence-corrected chi connectivity index (χ1v) is 6.91. The van der Waals surface area contributed by atoms with Crippen LogP contribution in [0.25, 0.3) is 22.2 Å². The summed E-state index contributed by atoms with van der Waals surface area (Å²) in [6.07, 6.45) is 0. The van der Waals surface area contributed by atoms with Gasteiger partial charge in [-0.25, -0.2) is 9.78 Å². The molecule has 114 valence electrons. The van der Waals surface area contributed by atoms with E-state index in [0.29, 0.717) is 39.3 Å². The molecule has 1 amide bonds. The minimum absolute atomic E-state index is 0.300. The van der Waals surface area contributed by atoms with Gasteiger partial charge in [0.2, 0.25) is 0 Å². The lowest BCUT2D eigenvalue weighted by Crippen LogP contribution is -2.12. The minimum Gasteiger partial charge on any atom is -0.441 e. The molecule has 2 heterocycles. The number of hydrogen-bond acceptors (Lipinski definition) is 5. The molecule has 0 atom stereocenters. The van der Waals surface area contributed by atoms with Gasteiger partial charge in [-0.15, -0.1) is 0 Å². The van der Waals surface area contributed by atoms with Crippen molar-refractivity contribution in [3.63, 3.8) is 0 Å². The van der Waals surface area contributed by atoms with E-state index in [2.05, 4.69) is 15.3 Å². The number of fused-ring (bicyclic) bond motifs is 2. The van der Waals surface area contributed by atoms with Gasteiger partial charge in [0.1, 0.15) is 5.52 Å². The van der Waals surface area contributed by atoms with E-state index >= 15 is 0 Å². The molecule has 4 rings (SSSR count). The number of aryl methyl sites for hydroxylation is 1. The molecule has 0 unspecified atom stereocenters. The number of para-hydroxylation sites is 2. The van der Waals surface area contributed by atoms with Crippen LogP contribution in [0.2, 0.25) is 0 Å². The standard InChI is InChI=1S/C16H11N3O4/c1-8-17-13-9(4-2-7-12(13)22-8)15(20)18-10-5-3-6-11-14(10)23-16(21)19-11/h2-7H,1H3,(H,18,20)(H,19,21). The number of nitrogens with zero attached hydrogens (tertiary/aromatic N) is 1. The highest BCUT2D eigenvalue weighted by atomic mass is 16.4. The van der Waals surface area contributed by atoms with Gasteiger partial charge < -0.3 is 14.2 Å². The molecule has 0 spiro atoms. The number of amides is 1. The number of carbonyl (C=O) groups excluding carboxylic acids is 1. The number of aromatic nitrogens is 2. The quantitative estimate of drug-likeness (QED) is 0.593. The van der Waals surface area contributed by atoms with Crippen molar-refractivity contribution in [3.05, 3.63) is 58.4 Å². The van der Waals surface area contributed by atoms with Gasteiger partial charge in [-0.05, 0) is 24.3 Å². The van der Waals surface area contributed by atoms with Crippen molar-refractivity contribution < 1.29 is 13.6 Å². The van der Waals surface area contributed by atoms with E-state index in [4.69, 9.17) is 8.83 Å². The molecular weight excluding hydrogens is 298 g/mol. The van der Waals surface area contributed by atoms with Crippen LogP contribution in [0.5, 0.6) is 0 Å². The lowest BCUT2D eigenvalue weighted by Gasteiger charge is -2.05. The Kier molecular flexibility index (Phi) is 2.80. The van der Waals surface area contributed by atoms with Gasteiger partial charge in [-0.2, -0.15) is 0 Å². The smallest absolute Gasteiger partial charge is 0.417 e. The monoisotopic (exact) mass is 309 g/mol. The van der Waals surface area contributed by atoms with Gasteiger partial charge in [0.15, 0.2) is 17.1 Å². The zero-order valence-corrected chi connectivity index (χ0v) is 12.0. The van der Waals surface area contributed by atoms with Crippen molar-refractivity contribution in [2.75, 3.05) is 5.32 Å². The van der Waals surface area contributed by atoms with E-state index in [-0.39, 0.29) is 5.91 Å². The Morgan fingerprint density at radius 2 is 2.00 bits per heavy atom. The normalized spacial score (nSPS) is 11.2. The zero-order valence-electron chi connectivity index (χ0n) is 12.0. The van der Waals surface area contributed by atoms with Crippen molar-refractivity contribution in [3.8, 4) is 0 Å². The van der Waals surface area contributed by atoms with Gasteiger partial charge in [0.25, 0.3) is 5.91 Å². The van der Waals surface area contributed by atoms with Crippen LogP contribution in [-0.2, 0) is 0 Å². The van der Waals surface area contributed by atoms with E-state index in [1.54, 1.807) is 43.3 Å².